The minimum Gasteiger partial charge on any atom is -0.325 e. The summed E-state index contributed by atoms with van der Waals surface area (Å²) in [5.41, 5.74) is 3.34. The minimum atomic E-state index is 0.0647. The van der Waals surface area contributed by atoms with Crippen LogP contribution < -0.4 is 5.32 Å². The molecule has 0 bridgehead atoms. The first-order valence-electron chi connectivity index (χ1n) is 4.64. The lowest BCUT2D eigenvalue weighted by Gasteiger charge is -2.04. The summed E-state index contributed by atoms with van der Waals surface area (Å²) in [6, 6.07) is 6.07. The van der Waals surface area contributed by atoms with Gasteiger partial charge in [0.05, 0.1) is 5.92 Å². The average molecular weight is 175 g/mol. The molecule has 0 spiro atoms. The number of hydrogen-bond donors (Lipinski definition) is 1. The second-order valence-electron chi connectivity index (χ2n) is 3.49. The van der Waals surface area contributed by atoms with E-state index in [1.54, 1.807) is 0 Å². The molecule has 1 aliphatic heterocycles. The molecule has 1 N–H and O–H groups in total. The Morgan fingerprint density at radius 1 is 1.46 bits per heavy atom. The van der Waals surface area contributed by atoms with Crippen molar-refractivity contribution in [3.8, 4) is 0 Å². The van der Waals surface area contributed by atoms with E-state index in [9.17, 15) is 4.79 Å². The molecule has 1 amide bonds. The highest BCUT2D eigenvalue weighted by molar-refractivity contribution is 6.03. The van der Waals surface area contributed by atoms with E-state index in [0.717, 1.165) is 23.2 Å². The summed E-state index contributed by atoms with van der Waals surface area (Å²) >= 11 is 0. The molecule has 2 nitrogen and oxygen atoms in total. The van der Waals surface area contributed by atoms with E-state index in [2.05, 4.69) is 5.32 Å². The van der Waals surface area contributed by atoms with Gasteiger partial charge in [-0.1, -0.05) is 25.1 Å². The number of fused-ring (bicyclic) bond motifs is 1. The zero-order valence-corrected chi connectivity index (χ0v) is 7.92. The third-order valence-corrected chi connectivity index (χ3v) is 2.65. The van der Waals surface area contributed by atoms with Gasteiger partial charge in [0, 0.05) is 5.69 Å². The van der Waals surface area contributed by atoms with Crippen molar-refractivity contribution in [2.45, 2.75) is 26.2 Å². The van der Waals surface area contributed by atoms with Crippen molar-refractivity contribution in [1.29, 1.82) is 0 Å². The van der Waals surface area contributed by atoms with Crippen molar-refractivity contribution in [2.24, 2.45) is 0 Å². The van der Waals surface area contributed by atoms with Gasteiger partial charge in [-0.25, -0.2) is 0 Å². The summed E-state index contributed by atoms with van der Waals surface area (Å²) in [5.74, 6) is 0.210. The number of para-hydroxylation sites is 1. The number of benzene rings is 1. The monoisotopic (exact) mass is 175 g/mol. The van der Waals surface area contributed by atoms with Crippen LogP contribution in [0.2, 0.25) is 0 Å². The molecular formula is C11H13NO. The Kier molecular flexibility index (Phi) is 1.83. The Labute approximate surface area is 78.0 Å². The van der Waals surface area contributed by atoms with Crippen LogP contribution in [-0.2, 0) is 4.79 Å². The van der Waals surface area contributed by atoms with E-state index in [-0.39, 0.29) is 11.8 Å². The van der Waals surface area contributed by atoms with E-state index in [4.69, 9.17) is 0 Å². The van der Waals surface area contributed by atoms with Gasteiger partial charge >= 0.3 is 0 Å². The predicted octanol–water partition coefficient (Wildman–Crippen LogP) is 2.44. The molecule has 68 valence electrons. The Morgan fingerprint density at radius 3 is 2.92 bits per heavy atom. The highest BCUT2D eigenvalue weighted by Gasteiger charge is 2.29. The molecule has 0 saturated carbocycles. The molecule has 0 fully saturated rings. The van der Waals surface area contributed by atoms with Gasteiger partial charge in [-0.15, -0.1) is 0 Å². The van der Waals surface area contributed by atoms with Crippen LogP contribution >= 0.6 is 0 Å². The number of amides is 1. The van der Waals surface area contributed by atoms with Crippen LogP contribution in [0.4, 0.5) is 5.69 Å². The first-order chi connectivity index (χ1) is 6.24. The summed E-state index contributed by atoms with van der Waals surface area (Å²) in [6.07, 6.45) is 0.877. The van der Waals surface area contributed by atoms with Crippen molar-refractivity contribution in [2.75, 3.05) is 5.32 Å². The maximum atomic E-state index is 11.5. The van der Waals surface area contributed by atoms with Crippen molar-refractivity contribution in [3.05, 3.63) is 29.3 Å². The van der Waals surface area contributed by atoms with Crippen LogP contribution in [0.1, 0.15) is 30.4 Å². The summed E-state index contributed by atoms with van der Waals surface area (Å²) in [5, 5.41) is 2.93. The number of carbonyl (C=O) groups excluding carboxylic acids is 1. The van der Waals surface area contributed by atoms with Gasteiger partial charge in [-0.05, 0) is 24.5 Å². The molecule has 0 radical (unpaired) electrons. The smallest absolute Gasteiger partial charge is 0.232 e. The Bertz CT molecular complexity index is 357. The number of hydrogen-bond acceptors (Lipinski definition) is 1. The normalized spacial score (nSPS) is 19.8. The lowest BCUT2D eigenvalue weighted by atomic mass is 9.97. The van der Waals surface area contributed by atoms with Crippen LogP contribution in [0.3, 0.4) is 0 Å². The average Bonchev–Trinajstić information content (AvgIpc) is 2.43. The third-order valence-electron chi connectivity index (χ3n) is 2.65. The second kappa shape index (κ2) is 2.87. The zero-order chi connectivity index (χ0) is 9.42. The first-order valence-corrected chi connectivity index (χ1v) is 4.64. The maximum absolute atomic E-state index is 11.5. The van der Waals surface area contributed by atoms with Crippen LogP contribution in [0.25, 0.3) is 0 Å². The highest BCUT2D eigenvalue weighted by Crippen LogP contribution is 2.36. The molecule has 13 heavy (non-hydrogen) atoms. The summed E-state index contributed by atoms with van der Waals surface area (Å²) in [4.78, 5) is 11.5. The standard InChI is InChI=1S/C11H13NO/c1-3-8-9-6-4-5-7(2)10(9)12-11(8)13/h4-6,8H,3H2,1-2H3,(H,12,13)/t8-/m0/s1. The summed E-state index contributed by atoms with van der Waals surface area (Å²) < 4.78 is 0. The summed E-state index contributed by atoms with van der Waals surface area (Å²) in [6.45, 7) is 4.07. The van der Waals surface area contributed by atoms with E-state index >= 15 is 0 Å². The molecule has 0 aliphatic carbocycles. The second-order valence-corrected chi connectivity index (χ2v) is 3.49. The van der Waals surface area contributed by atoms with Crippen LogP contribution in [0, 0.1) is 6.92 Å². The molecule has 1 aromatic rings. The number of aryl methyl sites for hydroxylation is 1. The fourth-order valence-electron chi connectivity index (χ4n) is 1.91. The molecule has 1 heterocycles. The van der Waals surface area contributed by atoms with Crippen molar-refractivity contribution < 1.29 is 4.79 Å². The van der Waals surface area contributed by atoms with Crippen LogP contribution in [0.5, 0.6) is 0 Å². The highest BCUT2D eigenvalue weighted by atomic mass is 16.2. The number of carbonyl (C=O) groups is 1. The Morgan fingerprint density at radius 2 is 2.23 bits per heavy atom. The van der Waals surface area contributed by atoms with Gasteiger partial charge in [0.15, 0.2) is 0 Å². The van der Waals surface area contributed by atoms with Crippen LogP contribution in [0.15, 0.2) is 18.2 Å². The molecule has 0 unspecified atom stereocenters. The van der Waals surface area contributed by atoms with E-state index in [0.29, 0.717) is 0 Å². The van der Waals surface area contributed by atoms with Crippen molar-refractivity contribution in [3.63, 3.8) is 0 Å². The van der Waals surface area contributed by atoms with Gasteiger partial charge < -0.3 is 5.32 Å². The quantitative estimate of drug-likeness (QED) is 0.697. The molecule has 1 aliphatic rings. The number of anilines is 1. The molecule has 2 rings (SSSR count). The first kappa shape index (κ1) is 8.30. The number of nitrogens with one attached hydrogen (secondary N) is 1. The molecule has 0 aromatic heterocycles. The van der Waals surface area contributed by atoms with Gasteiger partial charge in [0.25, 0.3) is 0 Å². The largest absolute Gasteiger partial charge is 0.325 e. The third kappa shape index (κ3) is 1.13. The van der Waals surface area contributed by atoms with Crippen LogP contribution in [-0.4, -0.2) is 5.91 Å². The lowest BCUT2D eigenvalue weighted by molar-refractivity contribution is -0.117. The molecule has 1 atom stereocenters. The number of rotatable bonds is 1. The SMILES string of the molecule is CC[C@@H]1C(=O)Nc2c(C)cccc21. The fourth-order valence-corrected chi connectivity index (χ4v) is 1.91. The Balaban J connectivity index is 2.54. The Hall–Kier alpha value is -1.31. The minimum absolute atomic E-state index is 0.0647. The van der Waals surface area contributed by atoms with E-state index in [1.807, 2.05) is 32.0 Å². The van der Waals surface area contributed by atoms with Gasteiger partial charge in [0.2, 0.25) is 5.91 Å². The van der Waals surface area contributed by atoms with Gasteiger partial charge in [-0.3, -0.25) is 4.79 Å². The molecular weight excluding hydrogens is 162 g/mol. The van der Waals surface area contributed by atoms with Crippen molar-refractivity contribution in [1.82, 2.24) is 0 Å². The summed E-state index contributed by atoms with van der Waals surface area (Å²) in [7, 11) is 0. The zero-order valence-electron chi connectivity index (χ0n) is 7.92. The van der Waals surface area contributed by atoms with E-state index in [1.165, 1.54) is 0 Å². The lowest BCUT2D eigenvalue weighted by Crippen LogP contribution is -2.10. The van der Waals surface area contributed by atoms with E-state index < -0.39 is 0 Å². The van der Waals surface area contributed by atoms with Gasteiger partial charge in [0.1, 0.15) is 0 Å². The topological polar surface area (TPSA) is 29.1 Å². The maximum Gasteiger partial charge on any atom is 0.232 e. The molecule has 1 aromatic carbocycles. The predicted molar refractivity (Wildman–Crippen MR) is 52.8 cm³/mol. The molecule has 2 heteroatoms. The van der Waals surface area contributed by atoms with Gasteiger partial charge in [-0.2, -0.15) is 0 Å². The fraction of sp³-hybridized carbons (Fsp3) is 0.364. The van der Waals surface area contributed by atoms with Crippen molar-refractivity contribution >= 4 is 11.6 Å². The molecule has 0 saturated heterocycles.